The first-order chi connectivity index (χ1) is 13.7. The number of amides is 1. The van der Waals surface area contributed by atoms with Crippen molar-refractivity contribution < 1.29 is 4.79 Å². The van der Waals surface area contributed by atoms with Gasteiger partial charge in [-0.25, -0.2) is 4.98 Å². The maximum Gasteiger partial charge on any atom is 0.220 e. The summed E-state index contributed by atoms with van der Waals surface area (Å²) in [6.07, 6.45) is 4.44. The molecule has 0 saturated carbocycles. The van der Waals surface area contributed by atoms with Gasteiger partial charge >= 0.3 is 0 Å². The lowest BCUT2D eigenvalue weighted by atomic mass is 10.0. The van der Waals surface area contributed by atoms with E-state index in [0.717, 1.165) is 48.5 Å². The number of nitrogens with one attached hydrogen (secondary N) is 1. The number of fused-ring (bicyclic) bond motifs is 3. The summed E-state index contributed by atoms with van der Waals surface area (Å²) in [5.74, 6) is 1.18. The molecule has 2 aromatic carbocycles. The molecular formula is C24H27N3O. The zero-order chi connectivity index (χ0) is 19.5. The lowest BCUT2D eigenvalue weighted by molar-refractivity contribution is -0.121. The molecular weight excluding hydrogens is 346 g/mol. The summed E-state index contributed by atoms with van der Waals surface area (Å²) in [5, 5.41) is 3.12. The van der Waals surface area contributed by atoms with Gasteiger partial charge in [0, 0.05) is 18.4 Å². The number of carbonyl (C=O) groups excluding carboxylic acids is 1. The molecule has 0 fully saturated rings. The average molecular weight is 374 g/mol. The predicted octanol–water partition coefficient (Wildman–Crippen LogP) is 4.75. The number of hydrogen-bond donors (Lipinski definition) is 1. The summed E-state index contributed by atoms with van der Waals surface area (Å²) in [5.41, 5.74) is 6.89. The standard InChI is InChI=1S/C24H27N3O/c1-3-4-9-23(28)25-16-21-24(19-12-10-17(2)11-13-19)26-22-15-14-18-7-5-6-8-20(18)27(21)22/h5-8,10-13H,3-4,9,14-16H2,1-2H3,(H,25,28). The van der Waals surface area contributed by atoms with Crippen LogP contribution in [0.1, 0.15) is 48.8 Å². The molecule has 1 aliphatic rings. The maximum atomic E-state index is 12.3. The molecule has 1 aliphatic heterocycles. The molecule has 4 heteroatoms. The van der Waals surface area contributed by atoms with Gasteiger partial charge in [-0.3, -0.25) is 9.36 Å². The van der Waals surface area contributed by atoms with E-state index >= 15 is 0 Å². The lowest BCUT2D eigenvalue weighted by Gasteiger charge is -2.21. The Morgan fingerprint density at radius 3 is 2.68 bits per heavy atom. The van der Waals surface area contributed by atoms with Crippen molar-refractivity contribution in [3.05, 3.63) is 71.2 Å². The number of carbonyl (C=O) groups is 1. The van der Waals surface area contributed by atoms with Crippen molar-refractivity contribution in [3.63, 3.8) is 0 Å². The van der Waals surface area contributed by atoms with Gasteiger partial charge in [-0.05, 0) is 31.4 Å². The van der Waals surface area contributed by atoms with Crippen molar-refractivity contribution in [3.8, 4) is 16.9 Å². The molecule has 144 valence electrons. The third-order valence-electron chi connectivity index (χ3n) is 5.43. The van der Waals surface area contributed by atoms with Crippen LogP contribution >= 0.6 is 0 Å². The summed E-state index contributed by atoms with van der Waals surface area (Å²) < 4.78 is 2.26. The molecule has 0 aliphatic carbocycles. The zero-order valence-corrected chi connectivity index (χ0v) is 16.7. The van der Waals surface area contributed by atoms with E-state index in [1.54, 1.807) is 0 Å². The minimum atomic E-state index is 0.108. The minimum absolute atomic E-state index is 0.108. The average Bonchev–Trinajstić information content (AvgIpc) is 3.10. The molecule has 0 spiro atoms. The Hall–Kier alpha value is -2.88. The highest BCUT2D eigenvalue weighted by atomic mass is 16.1. The van der Waals surface area contributed by atoms with Crippen LogP contribution < -0.4 is 5.32 Å². The summed E-state index contributed by atoms with van der Waals surface area (Å²) in [6, 6.07) is 17.0. The van der Waals surface area contributed by atoms with Crippen LogP contribution in [0.4, 0.5) is 0 Å². The minimum Gasteiger partial charge on any atom is -0.350 e. The molecule has 1 amide bonds. The van der Waals surface area contributed by atoms with Gasteiger partial charge in [0.25, 0.3) is 0 Å². The van der Waals surface area contributed by atoms with Gasteiger partial charge in [-0.1, -0.05) is 61.4 Å². The third-order valence-corrected chi connectivity index (χ3v) is 5.43. The number of unbranched alkanes of at least 4 members (excludes halogenated alkanes) is 1. The number of aryl methyl sites for hydroxylation is 3. The lowest BCUT2D eigenvalue weighted by Crippen LogP contribution is -2.25. The van der Waals surface area contributed by atoms with Crippen LogP contribution in [-0.2, 0) is 24.2 Å². The summed E-state index contributed by atoms with van der Waals surface area (Å²) in [6.45, 7) is 4.69. The Bertz CT molecular complexity index is 986. The molecule has 1 aromatic heterocycles. The number of aromatic nitrogens is 2. The van der Waals surface area contributed by atoms with Gasteiger partial charge in [0.1, 0.15) is 5.82 Å². The highest BCUT2D eigenvalue weighted by molar-refractivity contribution is 5.76. The van der Waals surface area contributed by atoms with Gasteiger partial charge in [0.2, 0.25) is 5.91 Å². The molecule has 0 saturated heterocycles. The number of imidazole rings is 1. The van der Waals surface area contributed by atoms with E-state index in [4.69, 9.17) is 4.98 Å². The van der Waals surface area contributed by atoms with Crippen molar-refractivity contribution in [2.24, 2.45) is 0 Å². The van der Waals surface area contributed by atoms with E-state index in [-0.39, 0.29) is 5.91 Å². The molecule has 3 aromatic rings. The van der Waals surface area contributed by atoms with Crippen LogP contribution in [-0.4, -0.2) is 15.5 Å². The Balaban J connectivity index is 1.76. The monoisotopic (exact) mass is 373 g/mol. The number of hydrogen-bond acceptors (Lipinski definition) is 2. The Morgan fingerprint density at radius 1 is 1.11 bits per heavy atom. The van der Waals surface area contributed by atoms with Gasteiger partial charge < -0.3 is 5.32 Å². The first-order valence-electron chi connectivity index (χ1n) is 10.2. The molecule has 4 rings (SSSR count). The molecule has 0 atom stereocenters. The second kappa shape index (κ2) is 8.01. The Morgan fingerprint density at radius 2 is 1.89 bits per heavy atom. The Labute approximate surface area is 166 Å². The fourth-order valence-corrected chi connectivity index (χ4v) is 3.86. The molecule has 4 nitrogen and oxygen atoms in total. The van der Waals surface area contributed by atoms with E-state index in [1.807, 2.05) is 0 Å². The molecule has 0 unspecified atom stereocenters. The SMILES string of the molecule is CCCCC(=O)NCc1c(-c2ccc(C)cc2)nc2n1-c1ccccc1CC2. The first kappa shape index (κ1) is 18.5. The summed E-state index contributed by atoms with van der Waals surface area (Å²) in [7, 11) is 0. The van der Waals surface area contributed by atoms with E-state index in [0.29, 0.717) is 13.0 Å². The number of benzene rings is 2. The molecule has 1 N–H and O–H groups in total. The molecule has 2 heterocycles. The molecule has 28 heavy (non-hydrogen) atoms. The smallest absolute Gasteiger partial charge is 0.220 e. The van der Waals surface area contributed by atoms with Crippen LogP contribution in [0.25, 0.3) is 16.9 Å². The van der Waals surface area contributed by atoms with Crippen molar-refractivity contribution in [1.82, 2.24) is 14.9 Å². The van der Waals surface area contributed by atoms with Crippen LogP contribution in [0, 0.1) is 6.92 Å². The van der Waals surface area contributed by atoms with Gasteiger partial charge in [-0.2, -0.15) is 0 Å². The van der Waals surface area contributed by atoms with Crippen LogP contribution in [0.15, 0.2) is 48.5 Å². The Kier molecular flexibility index (Phi) is 5.29. The maximum absolute atomic E-state index is 12.3. The fourth-order valence-electron chi connectivity index (χ4n) is 3.86. The largest absolute Gasteiger partial charge is 0.350 e. The van der Waals surface area contributed by atoms with Gasteiger partial charge in [-0.15, -0.1) is 0 Å². The van der Waals surface area contributed by atoms with Crippen LogP contribution in [0.5, 0.6) is 0 Å². The summed E-state index contributed by atoms with van der Waals surface area (Å²) in [4.78, 5) is 17.3. The van der Waals surface area contributed by atoms with Crippen molar-refractivity contribution in [1.29, 1.82) is 0 Å². The highest BCUT2D eigenvalue weighted by Crippen LogP contribution is 2.32. The second-order valence-electron chi connectivity index (χ2n) is 7.53. The summed E-state index contributed by atoms with van der Waals surface area (Å²) >= 11 is 0. The highest BCUT2D eigenvalue weighted by Gasteiger charge is 2.24. The van der Waals surface area contributed by atoms with Crippen molar-refractivity contribution in [2.45, 2.75) is 52.5 Å². The zero-order valence-electron chi connectivity index (χ0n) is 16.7. The van der Waals surface area contributed by atoms with Gasteiger partial charge in [0.15, 0.2) is 0 Å². The predicted molar refractivity (Wildman–Crippen MR) is 113 cm³/mol. The number of nitrogens with zero attached hydrogens (tertiary/aromatic N) is 2. The number of rotatable bonds is 6. The van der Waals surface area contributed by atoms with Crippen LogP contribution in [0.3, 0.4) is 0 Å². The van der Waals surface area contributed by atoms with E-state index in [1.165, 1.54) is 16.8 Å². The first-order valence-corrected chi connectivity index (χ1v) is 10.2. The number of para-hydroxylation sites is 1. The molecule has 0 radical (unpaired) electrons. The van der Waals surface area contributed by atoms with Crippen molar-refractivity contribution >= 4 is 5.91 Å². The quantitative estimate of drug-likeness (QED) is 0.678. The van der Waals surface area contributed by atoms with Gasteiger partial charge in [0.05, 0.1) is 23.6 Å². The third kappa shape index (κ3) is 3.59. The van der Waals surface area contributed by atoms with Crippen molar-refractivity contribution in [2.75, 3.05) is 0 Å². The fraction of sp³-hybridized carbons (Fsp3) is 0.333. The van der Waals surface area contributed by atoms with E-state index in [9.17, 15) is 4.79 Å². The van der Waals surface area contributed by atoms with E-state index < -0.39 is 0 Å². The van der Waals surface area contributed by atoms with Crippen LogP contribution in [0.2, 0.25) is 0 Å². The normalized spacial score (nSPS) is 12.4. The molecule has 0 bridgehead atoms. The topological polar surface area (TPSA) is 46.9 Å². The second-order valence-corrected chi connectivity index (χ2v) is 7.53. The van der Waals surface area contributed by atoms with E-state index in [2.05, 4.69) is 72.3 Å².